The zero-order valence-corrected chi connectivity index (χ0v) is 35.2. The molecular weight excluding hydrogens is 727 g/mol. The maximum Gasteiger partial charge on any atom is 0.309 e. The van der Waals surface area contributed by atoms with Crippen molar-refractivity contribution < 1.29 is 48.4 Å². The summed E-state index contributed by atoms with van der Waals surface area (Å²) in [6.07, 6.45) is 11.3. The third-order valence-corrected chi connectivity index (χ3v) is 17.8. The Hall–Kier alpha value is -3.47. The molecule has 7 rings (SSSR count). The number of aliphatic carboxylic acids is 1. The van der Waals surface area contributed by atoms with Crippen LogP contribution in [0.2, 0.25) is 0 Å². The molecule has 2 unspecified atom stereocenters. The first-order chi connectivity index (χ1) is 26.8. The van der Waals surface area contributed by atoms with Gasteiger partial charge in [-0.15, -0.1) is 0 Å². The van der Waals surface area contributed by atoms with E-state index in [0.717, 1.165) is 63.4 Å². The number of methoxy groups -OCH3 is 1. The number of aliphatic hydroxyl groups is 1. The average molecular weight is 792 g/mol. The Balaban J connectivity index is 0.961. The monoisotopic (exact) mass is 791 g/mol. The molecule has 13 atom stereocenters. The number of ketones is 2. The molecule has 0 spiro atoms. The van der Waals surface area contributed by atoms with Gasteiger partial charge in [-0.1, -0.05) is 39.8 Å². The number of fused-ring (bicyclic) bond motifs is 8. The third kappa shape index (κ3) is 6.25. The Kier molecular flexibility index (Phi) is 10.7. The number of ether oxygens (including phenoxy) is 3. The van der Waals surface area contributed by atoms with Crippen molar-refractivity contribution in [2.75, 3.05) is 27.4 Å². The summed E-state index contributed by atoms with van der Waals surface area (Å²) in [7, 11) is 3.05. The van der Waals surface area contributed by atoms with Crippen LogP contribution in [0, 0.1) is 62.6 Å². The fraction of sp³-hybridized carbons (Fsp3) is 0.761. The van der Waals surface area contributed by atoms with Gasteiger partial charge in [0.2, 0.25) is 5.78 Å². The van der Waals surface area contributed by atoms with Crippen molar-refractivity contribution >= 4 is 29.5 Å². The molecule has 5 fully saturated rings. The maximum absolute atomic E-state index is 13.2. The fourth-order valence-electron chi connectivity index (χ4n) is 14.7. The molecular formula is C46H65NO10. The lowest BCUT2D eigenvalue weighted by molar-refractivity contribution is -0.255. The van der Waals surface area contributed by atoms with E-state index in [9.17, 15) is 34.2 Å². The van der Waals surface area contributed by atoms with E-state index in [-0.39, 0.29) is 83.8 Å². The zero-order chi connectivity index (χ0) is 41.5. The average Bonchev–Trinajstić information content (AvgIpc) is 3.73. The minimum Gasteiger partial charge on any atom is -0.493 e. The molecule has 11 nitrogen and oxygen atoms in total. The minimum absolute atomic E-state index is 0.00428. The zero-order valence-electron chi connectivity index (χ0n) is 35.2. The number of hydrogen-bond acceptors (Lipinski definition) is 10. The Morgan fingerprint density at radius 2 is 1.60 bits per heavy atom. The molecule has 0 saturated heterocycles. The van der Waals surface area contributed by atoms with Gasteiger partial charge in [-0.25, -0.2) is 0 Å². The van der Waals surface area contributed by atoms with Crippen LogP contribution in [0.4, 0.5) is 0 Å². The minimum atomic E-state index is -0.771. The van der Waals surface area contributed by atoms with Gasteiger partial charge in [0.05, 0.1) is 31.2 Å². The summed E-state index contributed by atoms with van der Waals surface area (Å²) in [5.41, 5.74) is 0.307. The number of carboxylic acid groups (broad SMARTS) is 1. The number of carbonyl (C=O) groups excluding carboxylic acids is 4. The van der Waals surface area contributed by atoms with Gasteiger partial charge >= 0.3 is 17.9 Å². The lowest BCUT2D eigenvalue weighted by atomic mass is 9.32. The summed E-state index contributed by atoms with van der Waals surface area (Å²) in [4.78, 5) is 66.1. The van der Waals surface area contributed by atoms with Crippen LogP contribution in [-0.4, -0.2) is 84.1 Å². The molecule has 0 aromatic rings. The Bertz CT molecular complexity index is 1780. The topological polar surface area (TPSA) is 157 Å². The smallest absolute Gasteiger partial charge is 0.309 e. The molecule has 1 aliphatic heterocycles. The standard InChI is InChI=1S/C46H65NO10/c1-26(2)28-14-19-46(41(53)54)21-20-44(5)29(38(28)46)12-13-33-42(3)17-16-34(49)43(4,32(42)15-18-45(33,44)6)25-57-36(51)11-9-10-35(50)56-24-27-23-47(7)39-30(48)22-31(55-8)40(52)37(27)39/h22-23,28-29,32-34,37-39,49H,1,9-21,24-25H2,2-8H3,(H,53,54)/t28-,29+,32+,33+,34-,37?,38+,39?,42-,43-,44+,45+,46-/m0/s1. The first kappa shape index (κ1) is 41.7. The van der Waals surface area contributed by atoms with E-state index in [4.69, 9.17) is 14.2 Å². The van der Waals surface area contributed by atoms with Crippen LogP contribution in [-0.2, 0) is 38.2 Å². The van der Waals surface area contributed by atoms with Crippen LogP contribution in [0.15, 0.2) is 35.8 Å². The van der Waals surface area contributed by atoms with Crippen molar-refractivity contribution in [3.63, 3.8) is 0 Å². The van der Waals surface area contributed by atoms with E-state index in [2.05, 4.69) is 41.2 Å². The van der Waals surface area contributed by atoms with Crippen molar-refractivity contribution in [3.8, 4) is 0 Å². The van der Waals surface area contributed by atoms with Crippen molar-refractivity contribution in [1.29, 1.82) is 0 Å². The molecule has 0 bridgehead atoms. The van der Waals surface area contributed by atoms with E-state index >= 15 is 0 Å². The second kappa shape index (κ2) is 14.7. The molecule has 5 saturated carbocycles. The molecule has 11 heteroatoms. The van der Waals surface area contributed by atoms with Gasteiger partial charge in [-0.2, -0.15) is 0 Å². The normalized spacial score (nSPS) is 43.3. The number of carbonyl (C=O) groups is 5. The van der Waals surface area contributed by atoms with Gasteiger partial charge in [0.1, 0.15) is 12.6 Å². The number of aliphatic hydroxyl groups excluding tert-OH is 1. The maximum atomic E-state index is 13.2. The number of esters is 2. The third-order valence-electron chi connectivity index (χ3n) is 17.8. The van der Waals surface area contributed by atoms with Crippen LogP contribution in [0.5, 0.6) is 0 Å². The van der Waals surface area contributed by atoms with E-state index in [0.29, 0.717) is 23.8 Å². The van der Waals surface area contributed by atoms with Crippen LogP contribution in [0.25, 0.3) is 0 Å². The predicted molar refractivity (Wildman–Crippen MR) is 211 cm³/mol. The lowest BCUT2D eigenvalue weighted by Crippen LogP contribution is -2.67. The summed E-state index contributed by atoms with van der Waals surface area (Å²) < 4.78 is 16.5. The number of allylic oxidation sites excluding steroid dienone is 2. The summed E-state index contributed by atoms with van der Waals surface area (Å²) in [6, 6.07) is -0.682. The molecule has 0 aromatic heterocycles. The molecule has 0 aromatic carbocycles. The van der Waals surface area contributed by atoms with Crippen molar-refractivity contribution in [3.05, 3.63) is 35.8 Å². The summed E-state index contributed by atoms with van der Waals surface area (Å²) in [5, 5.41) is 22.3. The van der Waals surface area contributed by atoms with E-state index in [1.54, 1.807) is 18.1 Å². The quantitative estimate of drug-likeness (QED) is 0.167. The Morgan fingerprint density at radius 3 is 2.26 bits per heavy atom. The molecule has 1 heterocycles. The number of nitrogens with zero attached hydrogens (tertiary/aromatic N) is 1. The molecule has 2 N–H and O–H groups in total. The summed E-state index contributed by atoms with van der Waals surface area (Å²) in [5.74, 6) is -1.65. The fourth-order valence-corrected chi connectivity index (χ4v) is 14.7. The number of carboxylic acids is 1. The molecule has 6 aliphatic carbocycles. The number of Topliss-reactive ketones (excluding diaryl/α,β-unsaturated/α-hetero) is 1. The molecule has 57 heavy (non-hydrogen) atoms. The van der Waals surface area contributed by atoms with E-state index in [1.807, 2.05) is 0 Å². The van der Waals surface area contributed by atoms with Crippen LogP contribution >= 0.6 is 0 Å². The molecule has 0 radical (unpaired) electrons. The summed E-state index contributed by atoms with van der Waals surface area (Å²) >= 11 is 0. The first-order valence-electron chi connectivity index (χ1n) is 21.4. The second-order valence-corrected chi connectivity index (χ2v) is 20.2. The Morgan fingerprint density at radius 1 is 0.895 bits per heavy atom. The van der Waals surface area contributed by atoms with Gasteiger partial charge in [-0.05, 0) is 129 Å². The second-order valence-electron chi connectivity index (χ2n) is 20.2. The number of likely N-dealkylation sites (N-methyl/N-ethyl adjacent to an activating group) is 1. The van der Waals surface area contributed by atoms with Crippen molar-refractivity contribution in [2.45, 2.75) is 130 Å². The molecule has 0 amide bonds. The Labute approximate surface area is 338 Å². The number of hydrogen-bond donors (Lipinski definition) is 2. The molecule has 314 valence electrons. The highest BCUT2D eigenvalue weighted by Crippen LogP contribution is 2.77. The van der Waals surface area contributed by atoms with Crippen LogP contribution in [0.3, 0.4) is 0 Å². The van der Waals surface area contributed by atoms with Gasteiger partial charge in [0.25, 0.3) is 0 Å². The van der Waals surface area contributed by atoms with Gasteiger partial charge in [0, 0.05) is 37.6 Å². The highest BCUT2D eigenvalue weighted by Gasteiger charge is 2.72. The van der Waals surface area contributed by atoms with Crippen LogP contribution in [0.1, 0.15) is 118 Å². The SMILES string of the molecule is C=C(C)[C@@H]1CC[C@]2(C(=O)O)CC[C@]3(C)[C@H](CC[C@@H]4[C@@]5(C)CC[C@H](O)[C@@](C)(COC(=O)CCCC(=O)OCC6=CN(C)C7C(=O)C=C(OC)C(=O)C67)[C@@H]5CC[C@]43C)[C@@H]12. The van der Waals surface area contributed by atoms with Gasteiger partial charge < -0.3 is 29.3 Å². The van der Waals surface area contributed by atoms with Crippen molar-refractivity contribution in [1.82, 2.24) is 4.90 Å². The first-order valence-corrected chi connectivity index (χ1v) is 21.4. The highest BCUT2D eigenvalue weighted by atomic mass is 16.5. The lowest BCUT2D eigenvalue weighted by Gasteiger charge is -2.72. The van der Waals surface area contributed by atoms with Gasteiger partial charge in [0.15, 0.2) is 11.5 Å². The largest absolute Gasteiger partial charge is 0.493 e. The predicted octanol–water partition coefficient (Wildman–Crippen LogP) is 6.82. The van der Waals surface area contributed by atoms with Crippen molar-refractivity contribution in [2.24, 2.45) is 62.6 Å². The van der Waals surface area contributed by atoms with E-state index in [1.165, 1.54) is 13.2 Å². The van der Waals surface area contributed by atoms with Gasteiger partial charge in [-0.3, -0.25) is 24.0 Å². The highest BCUT2D eigenvalue weighted by molar-refractivity contribution is 6.13. The number of rotatable bonds is 11. The van der Waals surface area contributed by atoms with E-state index < -0.39 is 46.8 Å². The van der Waals surface area contributed by atoms with Crippen LogP contribution < -0.4 is 0 Å². The summed E-state index contributed by atoms with van der Waals surface area (Å²) in [6.45, 7) is 15.9. The molecule has 7 aliphatic rings.